The molecule has 0 fully saturated rings. The van der Waals surface area contributed by atoms with Crippen LogP contribution in [0.4, 0.5) is 30.7 Å². The van der Waals surface area contributed by atoms with Crippen molar-refractivity contribution in [2.45, 2.75) is 25.3 Å². The van der Waals surface area contributed by atoms with Crippen molar-refractivity contribution >= 4 is 5.91 Å². The van der Waals surface area contributed by atoms with E-state index in [2.05, 4.69) is 9.97 Å². The molecule has 33 heavy (non-hydrogen) atoms. The third-order valence-corrected chi connectivity index (χ3v) is 4.88. The molecular formula is C20H13F7N4O2. The Labute approximate surface area is 181 Å². The van der Waals surface area contributed by atoms with Gasteiger partial charge in [0.1, 0.15) is 11.4 Å². The SMILES string of the molecule is O=C(c1cnc(C(F)(F)F)[nH]1)N1CCc2cc(Oc3ccc(C(F)(F)F)cc3F)cnc2C1. The van der Waals surface area contributed by atoms with E-state index in [9.17, 15) is 35.5 Å². The minimum atomic E-state index is -4.71. The van der Waals surface area contributed by atoms with Crippen LogP contribution < -0.4 is 4.74 Å². The van der Waals surface area contributed by atoms with Gasteiger partial charge in [-0.3, -0.25) is 9.78 Å². The number of alkyl halides is 6. The van der Waals surface area contributed by atoms with Gasteiger partial charge in [0.05, 0.1) is 30.2 Å². The van der Waals surface area contributed by atoms with Crippen LogP contribution in [0.5, 0.6) is 11.5 Å². The molecule has 0 atom stereocenters. The normalized spacial score (nSPS) is 14.2. The molecule has 1 amide bonds. The number of amides is 1. The number of aromatic nitrogens is 3. The summed E-state index contributed by atoms with van der Waals surface area (Å²) in [6.45, 7) is 0.162. The van der Waals surface area contributed by atoms with Crippen molar-refractivity contribution in [1.29, 1.82) is 0 Å². The van der Waals surface area contributed by atoms with Gasteiger partial charge in [-0.25, -0.2) is 9.37 Å². The Bertz CT molecular complexity index is 1200. The van der Waals surface area contributed by atoms with E-state index in [1.807, 2.05) is 4.98 Å². The lowest BCUT2D eigenvalue weighted by atomic mass is 10.0. The lowest BCUT2D eigenvalue weighted by Crippen LogP contribution is -2.36. The maximum absolute atomic E-state index is 14.0. The number of benzene rings is 1. The summed E-state index contributed by atoms with van der Waals surface area (Å²) in [5.41, 5.74) is -0.376. The third kappa shape index (κ3) is 4.76. The van der Waals surface area contributed by atoms with Crippen molar-refractivity contribution < 1.29 is 40.3 Å². The smallest absolute Gasteiger partial charge is 0.449 e. The van der Waals surface area contributed by atoms with E-state index >= 15 is 0 Å². The molecule has 174 valence electrons. The first kappa shape index (κ1) is 22.6. The second-order valence-corrected chi connectivity index (χ2v) is 7.14. The second kappa shape index (κ2) is 8.05. The highest BCUT2D eigenvalue weighted by atomic mass is 19.4. The number of fused-ring (bicyclic) bond motifs is 1. The third-order valence-electron chi connectivity index (χ3n) is 4.88. The average molecular weight is 474 g/mol. The number of nitrogens with zero attached hydrogens (tertiary/aromatic N) is 3. The van der Waals surface area contributed by atoms with Crippen LogP contribution in [0.3, 0.4) is 0 Å². The number of hydrogen-bond donors (Lipinski definition) is 1. The Morgan fingerprint density at radius 3 is 2.42 bits per heavy atom. The summed E-state index contributed by atoms with van der Waals surface area (Å²) in [4.78, 5) is 23.1. The topological polar surface area (TPSA) is 71.1 Å². The molecule has 1 N–H and O–H groups in total. The molecule has 13 heteroatoms. The van der Waals surface area contributed by atoms with Gasteiger partial charge in [-0.05, 0) is 36.2 Å². The molecule has 1 aliphatic rings. The summed E-state index contributed by atoms with van der Waals surface area (Å²) in [5.74, 6) is -3.50. The Hall–Kier alpha value is -3.64. The van der Waals surface area contributed by atoms with Gasteiger partial charge >= 0.3 is 12.4 Å². The van der Waals surface area contributed by atoms with E-state index in [1.165, 1.54) is 17.2 Å². The average Bonchev–Trinajstić information content (AvgIpc) is 3.24. The van der Waals surface area contributed by atoms with E-state index in [0.717, 1.165) is 12.3 Å². The van der Waals surface area contributed by atoms with E-state index in [1.54, 1.807) is 0 Å². The lowest BCUT2D eigenvalue weighted by molar-refractivity contribution is -0.144. The molecule has 0 spiro atoms. The first-order chi connectivity index (χ1) is 15.4. The van der Waals surface area contributed by atoms with Gasteiger partial charge in [-0.1, -0.05) is 0 Å². The zero-order valence-corrected chi connectivity index (χ0v) is 16.4. The van der Waals surface area contributed by atoms with Crippen molar-refractivity contribution in [3.05, 3.63) is 70.8 Å². The van der Waals surface area contributed by atoms with Crippen LogP contribution in [-0.2, 0) is 25.3 Å². The van der Waals surface area contributed by atoms with Crippen molar-refractivity contribution in [1.82, 2.24) is 19.9 Å². The fourth-order valence-corrected chi connectivity index (χ4v) is 3.25. The molecular weight excluding hydrogens is 461 g/mol. The standard InChI is InChI=1S/C20H13F7N4O2/c21-13-6-11(19(22,23)24)1-2-16(13)33-12-5-10-3-4-31(9-15(10)28-7-12)17(32)14-8-29-18(30-14)20(25,26)27/h1-2,5-8H,3-4,9H2,(H,29,30). The Balaban J connectivity index is 1.47. The number of H-pyrrole nitrogens is 1. The quantitative estimate of drug-likeness (QED) is 0.544. The Morgan fingerprint density at radius 1 is 1.03 bits per heavy atom. The summed E-state index contributed by atoms with van der Waals surface area (Å²) in [7, 11) is 0. The van der Waals surface area contributed by atoms with Crippen molar-refractivity contribution in [3.8, 4) is 11.5 Å². The number of pyridine rings is 1. The van der Waals surface area contributed by atoms with Crippen LogP contribution in [0.25, 0.3) is 0 Å². The highest BCUT2D eigenvalue weighted by Crippen LogP contribution is 2.34. The van der Waals surface area contributed by atoms with E-state index in [-0.39, 0.29) is 31.0 Å². The molecule has 0 aliphatic carbocycles. The number of halogens is 7. The molecule has 1 aromatic carbocycles. The summed E-state index contributed by atoms with van der Waals surface area (Å²) in [5, 5.41) is 0. The molecule has 0 radical (unpaired) electrons. The highest BCUT2D eigenvalue weighted by Gasteiger charge is 2.36. The van der Waals surface area contributed by atoms with Gasteiger partial charge in [0, 0.05) is 6.54 Å². The van der Waals surface area contributed by atoms with Gasteiger partial charge < -0.3 is 14.6 Å². The lowest BCUT2D eigenvalue weighted by Gasteiger charge is -2.28. The van der Waals surface area contributed by atoms with Crippen LogP contribution in [0.1, 0.15) is 33.1 Å². The van der Waals surface area contributed by atoms with Crippen molar-refractivity contribution in [3.63, 3.8) is 0 Å². The number of rotatable bonds is 3. The number of nitrogens with one attached hydrogen (secondary N) is 1. The fourth-order valence-electron chi connectivity index (χ4n) is 3.25. The minimum Gasteiger partial charge on any atom is -0.453 e. The first-order valence-corrected chi connectivity index (χ1v) is 9.35. The number of aromatic amines is 1. The number of carbonyl (C=O) groups is 1. The van der Waals surface area contributed by atoms with E-state index in [0.29, 0.717) is 23.4 Å². The molecule has 3 aromatic rings. The monoisotopic (exact) mass is 474 g/mol. The zero-order chi connectivity index (χ0) is 24.0. The van der Waals surface area contributed by atoms with Gasteiger partial charge in [0.15, 0.2) is 11.6 Å². The fraction of sp³-hybridized carbons (Fsp3) is 0.250. The number of imidazole rings is 1. The molecule has 6 nitrogen and oxygen atoms in total. The number of carbonyl (C=O) groups excluding carboxylic acids is 1. The summed E-state index contributed by atoms with van der Waals surface area (Å²) >= 11 is 0. The highest BCUT2D eigenvalue weighted by molar-refractivity contribution is 5.92. The van der Waals surface area contributed by atoms with Gasteiger partial charge in [0.2, 0.25) is 5.82 Å². The number of ether oxygens (including phenoxy) is 1. The summed E-state index contributed by atoms with van der Waals surface area (Å²) in [6.07, 6.45) is -7.11. The van der Waals surface area contributed by atoms with Crippen LogP contribution in [0.15, 0.2) is 36.7 Å². The van der Waals surface area contributed by atoms with Gasteiger partial charge in [-0.15, -0.1) is 0 Å². The van der Waals surface area contributed by atoms with Crippen LogP contribution in [0.2, 0.25) is 0 Å². The summed E-state index contributed by atoms with van der Waals surface area (Å²) < 4.78 is 95.4. The number of hydrogen-bond acceptors (Lipinski definition) is 4. The van der Waals surface area contributed by atoms with Crippen LogP contribution in [-0.4, -0.2) is 32.3 Å². The van der Waals surface area contributed by atoms with Crippen LogP contribution >= 0.6 is 0 Å². The molecule has 2 aromatic heterocycles. The Kier molecular flexibility index (Phi) is 5.50. The molecule has 0 saturated carbocycles. The molecule has 4 rings (SSSR count). The maximum atomic E-state index is 14.0. The second-order valence-electron chi connectivity index (χ2n) is 7.14. The molecule has 0 bridgehead atoms. The van der Waals surface area contributed by atoms with E-state index in [4.69, 9.17) is 4.74 Å². The largest absolute Gasteiger partial charge is 0.453 e. The van der Waals surface area contributed by atoms with Crippen molar-refractivity contribution in [2.24, 2.45) is 0 Å². The predicted octanol–water partition coefficient (Wildman–Crippen LogP) is 4.97. The molecule has 1 aliphatic heterocycles. The molecule has 3 heterocycles. The molecule has 0 unspecified atom stereocenters. The summed E-state index contributed by atoms with van der Waals surface area (Å²) in [6, 6.07) is 3.38. The van der Waals surface area contributed by atoms with Gasteiger partial charge in [0.25, 0.3) is 5.91 Å². The van der Waals surface area contributed by atoms with Crippen molar-refractivity contribution in [2.75, 3.05) is 6.54 Å². The minimum absolute atomic E-state index is 0.00343. The zero-order valence-electron chi connectivity index (χ0n) is 16.4. The van der Waals surface area contributed by atoms with Crippen LogP contribution in [0, 0.1) is 5.82 Å². The Morgan fingerprint density at radius 2 is 1.79 bits per heavy atom. The maximum Gasteiger partial charge on any atom is 0.449 e. The van der Waals surface area contributed by atoms with E-state index < -0.39 is 41.2 Å². The van der Waals surface area contributed by atoms with Gasteiger partial charge in [-0.2, -0.15) is 26.3 Å². The molecule has 0 saturated heterocycles. The first-order valence-electron chi connectivity index (χ1n) is 9.35. The predicted molar refractivity (Wildman–Crippen MR) is 97.7 cm³/mol.